The molecule has 1 aliphatic carbocycles. The summed E-state index contributed by atoms with van der Waals surface area (Å²) < 4.78 is 16.8. The summed E-state index contributed by atoms with van der Waals surface area (Å²) in [5, 5.41) is 12.3. The number of halogens is 1. The van der Waals surface area contributed by atoms with Crippen molar-refractivity contribution in [3.8, 4) is 11.1 Å². The van der Waals surface area contributed by atoms with Crippen molar-refractivity contribution in [2.24, 2.45) is 0 Å². The van der Waals surface area contributed by atoms with Crippen LogP contribution >= 0.6 is 0 Å². The maximum atomic E-state index is 14.9. The molecular formula is C28H22FN5O3. The summed E-state index contributed by atoms with van der Waals surface area (Å²) >= 11 is 0. The van der Waals surface area contributed by atoms with Crippen LogP contribution in [0, 0.1) is 5.82 Å². The van der Waals surface area contributed by atoms with E-state index >= 15 is 0 Å². The lowest BCUT2D eigenvalue weighted by Crippen LogP contribution is -2.38. The van der Waals surface area contributed by atoms with Crippen molar-refractivity contribution in [2.75, 3.05) is 0 Å². The molecule has 1 amide bonds. The third-order valence-electron chi connectivity index (χ3n) is 7.03. The largest absolute Gasteiger partial charge is 0.480 e. The zero-order chi connectivity index (χ0) is 25.7. The summed E-state index contributed by atoms with van der Waals surface area (Å²) in [6.07, 6.45) is 9.09. The number of carboxylic acid groups (broad SMARTS) is 1. The molecule has 1 fully saturated rings. The molecule has 6 rings (SSSR count). The first-order chi connectivity index (χ1) is 17.9. The quantitative estimate of drug-likeness (QED) is 0.362. The lowest BCUT2D eigenvalue weighted by Gasteiger charge is -2.17. The molecular weight excluding hydrogens is 473 g/mol. The van der Waals surface area contributed by atoms with Crippen LogP contribution in [-0.4, -0.2) is 42.4 Å². The van der Waals surface area contributed by atoms with E-state index < -0.39 is 23.7 Å². The van der Waals surface area contributed by atoms with Gasteiger partial charge in [-0.25, -0.2) is 14.4 Å². The van der Waals surface area contributed by atoms with Crippen molar-refractivity contribution >= 4 is 28.6 Å². The zero-order valence-electron chi connectivity index (χ0n) is 19.9. The van der Waals surface area contributed by atoms with E-state index in [-0.39, 0.29) is 11.0 Å². The fourth-order valence-electron chi connectivity index (χ4n) is 4.78. The highest BCUT2D eigenvalue weighted by molar-refractivity contribution is 5.97. The van der Waals surface area contributed by atoms with Crippen molar-refractivity contribution in [3.05, 3.63) is 96.0 Å². The Morgan fingerprint density at radius 2 is 1.86 bits per heavy atom. The van der Waals surface area contributed by atoms with Crippen molar-refractivity contribution in [2.45, 2.75) is 31.2 Å². The molecule has 2 aromatic carbocycles. The molecule has 0 spiro atoms. The first-order valence-corrected chi connectivity index (χ1v) is 11.9. The van der Waals surface area contributed by atoms with Crippen LogP contribution in [-0.2, 0) is 10.2 Å². The molecule has 0 aliphatic heterocycles. The summed E-state index contributed by atoms with van der Waals surface area (Å²) in [6, 6.07) is 13.4. The highest BCUT2D eigenvalue weighted by Gasteiger charge is 2.48. The number of fused-ring (bicyclic) bond motifs is 2. The lowest BCUT2D eigenvalue weighted by atomic mass is 9.91. The minimum atomic E-state index is -1.20. The number of aromatic nitrogens is 4. The molecule has 184 valence electrons. The van der Waals surface area contributed by atoms with Gasteiger partial charge in [-0.1, -0.05) is 18.2 Å². The van der Waals surface area contributed by atoms with E-state index in [1.165, 1.54) is 24.6 Å². The van der Waals surface area contributed by atoms with Gasteiger partial charge in [0.2, 0.25) is 5.78 Å². The summed E-state index contributed by atoms with van der Waals surface area (Å²) in [5.74, 6) is -2.19. The van der Waals surface area contributed by atoms with E-state index in [4.69, 9.17) is 5.11 Å². The first-order valence-electron chi connectivity index (χ1n) is 11.9. The lowest BCUT2D eigenvalue weighted by molar-refractivity contribution is -0.138. The van der Waals surface area contributed by atoms with Gasteiger partial charge in [-0.3, -0.25) is 19.0 Å². The van der Waals surface area contributed by atoms with E-state index in [0.29, 0.717) is 16.9 Å². The second kappa shape index (κ2) is 8.48. The number of amides is 1. The predicted molar refractivity (Wildman–Crippen MR) is 135 cm³/mol. The number of aliphatic carboxylic acids is 1. The maximum Gasteiger partial charge on any atom is 0.325 e. The van der Waals surface area contributed by atoms with Gasteiger partial charge in [0.25, 0.3) is 5.91 Å². The molecule has 1 unspecified atom stereocenters. The Balaban J connectivity index is 1.35. The van der Waals surface area contributed by atoms with Crippen LogP contribution in [0.15, 0.2) is 73.3 Å². The van der Waals surface area contributed by atoms with Gasteiger partial charge in [0.05, 0.1) is 23.0 Å². The van der Waals surface area contributed by atoms with Crippen molar-refractivity contribution in [1.29, 1.82) is 0 Å². The van der Waals surface area contributed by atoms with Crippen LogP contribution in [0.1, 0.15) is 41.4 Å². The maximum absolute atomic E-state index is 14.9. The van der Waals surface area contributed by atoms with Crippen molar-refractivity contribution in [1.82, 2.24) is 24.7 Å². The molecule has 9 heteroatoms. The standard InChI is InChI=1S/C28H22FN5O3/c1-16(26(36)37)33-25(35)21-6-4-17(12-22(21)29)19-13-31-27-32-14-24(34(27)15-19)28(8-9-28)20-5-7-23-18(11-20)3-2-10-30-23/h2-7,10-16H,8-9H2,1H3,(H,33,35)(H,36,37). The number of carbonyl (C=O) groups is 2. The Bertz CT molecular complexity index is 1710. The number of nitrogens with zero attached hydrogens (tertiary/aromatic N) is 4. The highest BCUT2D eigenvalue weighted by atomic mass is 19.1. The molecule has 1 aliphatic rings. The molecule has 3 heterocycles. The molecule has 2 N–H and O–H groups in total. The van der Waals surface area contributed by atoms with Crippen LogP contribution in [0.25, 0.3) is 27.8 Å². The number of pyridine rings is 1. The van der Waals surface area contributed by atoms with E-state index in [1.807, 2.05) is 28.9 Å². The average molecular weight is 496 g/mol. The number of benzene rings is 2. The number of hydrogen-bond acceptors (Lipinski definition) is 5. The van der Waals surface area contributed by atoms with Gasteiger partial charge in [-0.2, -0.15) is 0 Å². The predicted octanol–water partition coefficient (Wildman–Crippen LogP) is 4.37. The third kappa shape index (κ3) is 3.88. The molecule has 0 bridgehead atoms. The van der Waals surface area contributed by atoms with Crippen LogP contribution in [0.4, 0.5) is 4.39 Å². The number of imidazole rings is 1. The SMILES string of the molecule is CC(NC(=O)c1ccc(-c2cnc3ncc(C4(c5ccc6ncccc6c5)CC4)n3c2)cc1F)C(=O)O. The smallest absolute Gasteiger partial charge is 0.325 e. The number of nitrogens with one attached hydrogen (secondary N) is 1. The van der Waals surface area contributed by atoms with Gasteiger partial charge in [0.1, 0.15) is 11.9 Å². The third-order valence-corrected chi connectivity index (χ3v) is 7.03. The average Bonchev–Trinajstić information content (AvgIpc) is 3.60. The molecule has 3 aromatic heterocycles. The Hall–Kier alpha value is -4.66. The van der Waals surface area contributed by atoms with E-state index in [9.17, 15) is 14.0 Å². The van der Waals surface area contributed by atoms with E-state index in [0.717, 1.165) is 29.4 Å². The summed E-state index contributed by atoms with van der Waals surface area (Å²) in [4.78, 5) is 36.7. The van der Waals surface area contributed by atoms with Gasteiger partial charge in [0.15, 0.2) is 0 Å². The Labute approximate surface area is 210 Å². The van der Waals surface area contributed by atoms with E-state index in [1.54, 1.807) is 18.5 Å². The minimum Gasteiger partial charge on any atom is -0.480 e. The van der Waals surface area contributed by atoms with Crippen LogP contribution in [0.2, 0.25) is 0 Å². The molecule has 1 saturated carbocycles. The second-order valence-electron chi connectivity index (χ2n) is 9.38. The Morgan fingerprint density at radius 3 is 2.62 bits per heavy atom. The second-order valence-corrected chi connectivity index (χ2v) is 9.38. The van der Waals surface area contributed by atoms with Gasteiger partial charge in [-0.05, 0) is 61.2 Å². The van der Waals surface area contributed by atoms with E-state index in [2.05, 4.69) is 38.5 Å². The first kappa shape index (κ1) is 22.8. The van der Waals surface area contributed by atoms with Crippen LogP contribution < -0.4 is 5.32 Å². The number of hydrogen-bond donors (Lipinski definition) is 2. The van der Waals surface area contributed by atoms with Gasteiger partial charge in [-0.15, -0.1) is 0 Å². The van der Waals surface area contributed by atoms with Crippen LogP contribution in [0.3, 0.4) is 0 Å². The van der Waals surface area contributed by atoms with Gasteiger partial charge in [0, 0.05) is 35.0 Å². The van der Waals surface area contributed by atoms with Crippen molar-refractivity contribution < 1.29 is 19.1 Å². The summed E-state index contributed by atoms with van der Waals surface area (Å²) in [7, 11) is 0. The Morgan fingerprint density at radius 1 is 1.05 bits per heavy atom. The molecule has 1 atom stereocenters. The van der Waals surface area contributed by atoms with Gasteiger partial charge < -0.3 is 10.4 Å². The van der Waals surface area contributed by atoms with Crippen LogP contribution in [0.5, 0.6) is 0 Å². The minimum absolute atomic E-state index is 0.183. The zero-order valence-corrected chi connectivity index (χ0v) is 19.9. The number of carbonyl (C=O) groups excluding carboxylic acids is 1. The normalized spacial score (nSPS) is 15.0. The molecule has 37 heavy (non-hydrogen) atoms. The molecule has 0 saturated heterocycles. The number of rotatable bonds is 6. The summed E-state index contributed by atoms with van der Waals surface area (Å²) in [5.41, 5.74) is 3.94. The molecule has 8 nitrogen and oxygen atoms in total. The fraction of sp³-hybridized carbons (Fsp3) is 0.179. The Kier molecular flexibility index (Phi) is 5.22. The topological polar surface area (TPSA) is 109 Å². The molecule has 5 aromatic rings. The summed E-state index contributed by atoms with van der Waals surface area (Å²) in [6.45, 7) is 1.32. The number of carboxylic acids is 1. The monoisotopic (exact) mass is 495 g/mol. The van der Waals surface area contributed by atoms with Gasteiger partial charge >= 0.3 is 5.97 Å². The van der Waals surface area contributed by atoms with Crippen molar-refractivity contribution in [3.63, 3.8) is 0 Å². The highest BCUT2D eigenvalue weighted by Crippen LogP contribution is 2.53. The fourth-order valence-corrected chi connectivity index (χ4v) is 4.78. The molecule has 0 radical (unpaired) electrons.